The van der Waals surface area contributed by atoms with Gasteiger partial charge in [0, 0.05) is 48.2 Å². The van der Waals surface area contributed by atoms with E-state index in [1.54, 1.807) is 16.8 Å². The molecule has 22 heavy (non-hydrogen) atoms. The van der Waals surface area contributed by atoms with Crippen molar-refractivity contribution < 1.29 is 4.79 Å². The Balaban J connectivity index is 0.000000457. The highest BCUT2D eigenvalue weighted by molar-refractivity contribution is 15.0. The molecule has 1 amide bonds. The van der Waals surface area contributed by atoms with Crippen molar-refractivity contribution in [2.45, 2.75) is 38.5 Å². The number of thiophene rings is 1. The third kappa shape index (κ3) is 11.3. The molecule has 6 nitrogen and oxygen atoms in total. The van der Waals surface area contributed by atoms with Crippen LogP contribution in [0.4, 0.5) is 0 Å². The first kappa shape index (κ1) is 21.7. The molecule has 0 spiro atoms. The van der Waals surface area contributed by atoms with Gasteiger partial charge in [-0.3, -0.25) is 10.2 Å². The molecule has 1 heterocycles. The maximum atomic E-state index is 11.3. The van der Waals surface area contributed by atoms with Crippen LogP contribution in [0.15, 0.2) is 27.2 Å². The number of carbonyl (C=O) groups excluding carboxylic acids is 1. The van der Waals surface area contributed by atoms with Gasteiger partial charge in [0.05, 0.1) is 6.54 Å². The van der Waals surface area contributed by atoms with E-state index in [2.05, 4.69) is 52.9 Å². The molecule has 0 saturated heterocycles. The normalized spacial score (nSPS) is 13.4. The molecule has 1 fully saturated rings. The number of amidine groups is 1. The summed E-state index contributed by atoms with van der Waals surface area (Å²) in [6, 6.07) is 1.70. The first-order valence-electron chi connectivity index (χ1n) is 6.87. The maximum absolute atomic E-state index is 11.3. The van der Waals surface area contributed by atoms with Gasteiger partial charge in [-0.1, -0.05) is 43.7 Å². The quantitative estimate of drug-likeness (QED) is 0.125. The molecule has 1 aromatic heterocycles. The van der Waals surface area contributed by atoms with Crippen molar-refractivity contribution in [3.05, 3.63) is 22.4 Å². The highest BCUT2D eigenvalue weighted by Gasteiger charge is 2.05. The van der Waals surface area contributed by atoms with Crippen LogP contribution in [-0.2, 0) is 0 Å². The van der Waals surface area contributed by atoms with E-state index in [0.717, 1.165) is 0 Å². The number of hydrogen-bond donors (Lipinski definition) is 3. The van der Waals surface area contributed by atoms with Gasteiger partial charge in [0.15, 0.2) is 5.84 Å². The third-order valence-electron chi connectivity index (χ3n) is 2.88. The fraction of sp³-hybridized carbons (Fsp3) is 0.538. The SMILES string of the molecule is C1CCCCC1.II.N=C(CNC(=O)c1ccsc1)N=NN. The van der Waals surface area contributed by atoms with Gasteiger partial charge in [-0.05, 0) is 11.4 Å². The summed E-state index contributed by atoms with van der Waals surface area (Å²) in [5.41, 5.74) is 0.576. The second kappa shape index (κ2) is 15.6. The molecule has 9 heteroatoms. The zero-order valence-corrected chi connectivity index (χ0v) is 17.4. The fourth-order valence-electron chi connectivity index (χ4n) is 1.83. The summed E-state index contributed by atoms with van der Waals surface area (Å²) in [6.45, 7) is 0.0232. The van der Waals surface area contributed by atoms with Gasteiger partial charge in [-0.15, -0.1) is 5.11 Å². The van der Waals surface area contributed by atoms with Crippen molar-refractivity contribution >= 4 is 60.3 Å². The molecule has 0 radical (unpaired) electrons. The second-order valence-electron chi connectivity index (χ2n) is 4.48. The van der Waals surface area contributed by atoms with Crippen LogP contribution in [0.1, 0.15) is 48.9 Å². The fourth-order valence-corrected chi connectivity index (χ4v) is 2.46. The number of hydrogen-bond acceptors (Lipinski definition) is 4. The molecule has 0 unspecified atom stereocenters. The standard InChI is InChI=1S/C7H9N5OS.C6H12.I2/c8-6(11-12-9)3-10-7(13)5-1-2-14-4-5;1-2-4-6-5-3-1;1-2/h1-2,4H,3H2,(H,10,13)(H3,8,9,11);1-6H2;. The molecule has 4 N–H and O–H groups in total. The lowest BCUT2D eigenvalue weighted by atomic mass is 10.0. The molecule has 0 aliphatic heterocycles. The van der Waals surface area contributed by atoms with Crippen molar-refractivity contribution in [1.82, 2.24) is 5.32 Å². The largest absolute Gasteiger partial charge is 0.345 e. The van der Waals surface area contributed by atoms with E-state index in [4.69, 9.17) is 11.3 Å². The molecule has 1 aliphatic rings. The van der Waals surface area contributed by atoms with Gasteiger partial charge in [-0.2, -0.15) is 11.3 Å². The van der Waals surface area contributed by atoms with Crippen LogP contribution in [0, 0.1) is 5.41 Å². The summed E-state index contributed by atoms with van der Waals surface area (Å²) in [4.78, 5) is 11.3. The Morgan fingerprint density at radius 1 is 1.27 bits per heavy atom. The highest BCUT2D eigenvalue weighted by atomic mass is 128. The summed E-state index contributed by atoms with van der Waals surface area (Å²) in [5.74, 6) is 4.42. The molecule has 124 valence electrons. The lowest BCUT2D eigenvalue weighted by Crippen LogP contribution is -2.28. The van der Waals surface area contributed by atoms with Gasteiger partial charge in [0.25, 0.3) is 5.91 Å². The number of halogens is 2. The highest BCUT2D eigenvalue weighted by Crippen LogP contribution is 2.15. The van der Waals surface area contributed by atoms with Crippen LogP contribution in [0.5, 0.6) is 0 Å². The zero-order valence-electron chi connectivity index (χ0n) is 12.2. The Hall–Kier alpha value is -0.300. The minimum atomic E-state index is -0.233. The van der Waals surface area contributed by atoms with Crippen LogP contribution < -0.4 is 11.2 Å². The van der Waals surface area contributed by atoms with Crippen molar-refractivity contribution in [2.75, 3.05) is 6.54 Å². The van der Waals surface area contributed by atoms with Crippen molar-refractivity contribution in [1.29, 1.82) is 5.41 Å². The van der Waals surface area contributed by atoms with Crippen molar-refractivity contribution in [3.8, 4) is 0 Å². The summed E-state index contributed by atoms with van der Waals surface area (Å²) in [7, 11) is 0. The number of nitrogens with zero attached hydrogens (tertiary/aromatic N) is 2. The average Bonchev–Trinajstić information content (AvgIpc) is 3.12. The molecule has 1 saturated carbocycles. The predicted molar refractivity (Wildman–Crippen MR) is 109 cm³/mol. The van der Waals surface area contributed by atoms with Gasteiger partial charge in [-0.25, -0.2) is 0 Å². The van der Waals surface area contributed by atoms with Crippen LogP contribution in [-0.4, -0.2) is 18.3 Å². The minimum Gasteiger partial charge on any atom is -0.345 e. The lowest BCUT2D eigenvalue weighted by molar-refractivity contribution is 0.0959. The Kier molecular flexibility index (Phi) is 15.4. The average molecular weight is 549 g/mol. The van der Waals surface area contributed by atoms with E-state index in [1.165, 1.54) is 49.9 Å². The van der Waals surface area contributed by atoms with Gasteiger partial charge >= 0.3 is 0 Å². The Labute approximate surface area is 158 Å². The Bertz CT molecular complexity index is 424. The molecule has 1 aromatic rings. The summed E-state index contributed by atoms with van der Waals surface area (Å²) in [6.07, 6.45) is 9.00. The summed E-state index contributed by atoms with van der Waals surface area (Å²) in [5, 5.41) is 19.4. The van der Waals surface area contributed by atoms with E-state index in [9.17, 15) is 4.79 Å². The van der Waals surface area contributed by atoms with Crippen LogP contribution in [0.25, 0.3) is 0 Å². The Morgan fingerprint density at radius 3 is 2.23 bits per heavy atom. The van der Waals surface area contributed by atoms with E-state index < -0.39 is 0 Å². The molecular weight excluding hydrogens is 528 g/mol. The number of amides is 1. The summed E-state index contributed by atoms with van der Waals surface area (Å²) < 4.78 is 0. The van der Waals surface area contributed by atoms with E-state index >= 15 is 0 Å². The van der Waals surface area contributed by atoms with Crippen LogP contribution in [0.2, 0.25) is 0 Å². The molecule has 0 bridgehead atoms. The molecule has 1 aliphatic carbocycles. The minimum absolute atomic E-state index is 0.0232. The van der Waals surface area contributed by atoms with Gasteiger partial charge in [0.2, 0.25) is 0 Å². The maximum Gasteiger partial charge on any atom is 0.252 e. The van der Waals surface area contributed by atoms with Crippen LogP contribution in [0.3, 0.4) is 0 Å². The van der Waals surface area contributed by atoms with Crippen molar-refractivity contribution in [2.24, 2.45) is 16.2 Å². The Morgan fingerprint density at radius 2 is 1.82 bits per heavy atom. The number of rotatable bonds is 3. The third-order valence-corrected chi connectivity index (χ3v) is 3.56. The van der Waals surface area contributed by atoms with E-state index in [-0.39, 0.29) is 18.3 Å². The zero-order chi connectivity index (χ0) is 16.6. The molecular formula is C13H21I2N5OS. The second-order valence-corrected chi connectivity index (χ2v) is 5.26. The number of carbonyl (C=O) groups is 1. The number of nitrogens with one attached hydrogen (secondary N) is 2. The number of nitrogens with two attached hydrogens (primary N) is 1. The van der Waals surface area contributed by atoms with E-state index in [0.29, 0.717) is 5.56 Å². The molecule has 0 aromatic carbocycles. The first-order valence-corrected chi connectivity index (χ1v) is 14.1. The van der Waals surface area contributed by atoms with Crippen molar-refractivity contribution in [3.63, 3.8) is 0 Å². The predicted octanol–water partition coefficient (Wildman–Crippen LogP) is 4.89. The van der Waals surface area contributed by atoms with Gasteiger partial charge in [0.1, 0.15) is 0 Å². The van der Waals surface area contributed by atoms with Gasteiger partial charge < -0.3 is 11.2 Å². The summed E-state index contributed by atoms with van der Waals surface area (Å²) >= 11 is 5.68. The lowest BCUT2D eigenvalue weighted by Gasteiger charge is -2.05. The molecule has 2 rings (SSSR count). The smallest absolute Gasteiger partial charge is 0.252 e. The van der Waals surface area contributed by atoms with Crippen LogP contribution >= 0.6 is 48.6 Å². The molecule has 0 atom stereocenters. The van der Waals surface area contributed by atoms with E-state index in [1.807, 2.05) is 0 Å². The monoisotopic (exact) mass is 549 g/mol. The topological polar surface area (TPSA) is 104 Å². The first-order chi connectivity index (χ1) is 10.7.